The molecule has 2 aliphatic rings. The maximum atomic E-state index is 12.7. The van der Waals surface area contributed by atoms with E-state index in [0.717, 1.165) is 19.3 Å². The quantitative estimate of drug-likeness (QED) is 0.659. The van der Waals surface area contributed by atoms with Crippen molar-refractivity contribution in [3.8, 4) is 11.5 Å². The van der Waals surface area contributed by atoms with Gasteiger partial charge in [0.1, 0.15) is 13.2 Å². The molecular weight excluding hydrogens is 436 g/mol. The fourth-order valence-electron chi connectivity index (χ4n) is 3.52. The molecule has 0 unspecified atom stereocenters. The highest BCUT2D eigenvalue weighted by Crippen LogP contribution is 2.32. The lowest BCUT2D eigenvalue weighted by atomic mass is 10.1. The largest absolute Gasteiger partial charge is 0.486 e. The Morgan fingerprint density at radius 2 is 1.62 bits per heavy atom. The van der Waals surface area contributed by atoms with Crippen molar-refractivity contribution in [3.05, 3.63) is 48.0 Å². The van der Waals surface area contributed by atoms with Gasteiger partial charge in [0, 0.05) is 24.8 Å². The first kappa shape index (κ1) is 21.9. The van der Waals surface area contributed by atoms with E-state index in [4.69, 9.17) is 14.2 Å². The molecule has 0 atom stereocenters. The lowest BCUT2D eigenvalue weighted by Crippen LogP contribution is -2.38. The summed E-state index contributed by atoms with van der Waals surface area (Å²) in [7, 11) is -3.87. The molecular formula is C22H24N2O7S. The van der Waals surface area contributed by atoms with Crippen molar-refractivity contribution in [3.63, 3.8) is 0 Å². The number of carbonyl (C=O) groups excluding carboxylic acids is 2. The summed E-state index contributed by atoms with van der Waals surface area (Å²) < 4.78 is 43.8. The molecule has 2 aliphatic heterocycles. The third kappa shape index (κ3) is 5.13. The van der Waals surface area contributed by atoms with Crippen molar-refractivity contribution in [2.24, 2.45) is 0 Å². The van der Waals surface area contributed by atoms with Crippen molar-refractivity contribution >= 4 is 27.6 Å². The smallest absolute Gasteiger partial charge is 0.338 e. The normalized spacial score (nSPS) is 15.7. The maximum absolute atomic E-state index is 12.7. The number of anilines is 1. The fourth-order valence-corrected chi connectivity index (χ4v) is 4.60. The molecule has 0 saturated carbocycles. The number of carbonyl (C=O) groups is 2. The summed E-state index contributed by atoms with van der Waals surface area (Å²) in [4.78, 5) is 26.1. The minimum atomic E-state index is -3.87. The molecule has 32 heavy (non-hydrogen) atoms. The number of fused-ring (bicyclic) bond motifs is 1. The molecule has 4 rings (SSSR count). The summed E-state index contributed by atoms with van der Waals surface area (Å²) in [6, 6.07) is 10.2. The average Bonchev–Trinajstić information content (AvgIpc) is 2.82. The summed E-state index contributed by atoms with van der Waals surface area (Å²) in [6.45, 7) is 1.84. The van der Waals surface area contributed by atoms with Gasteiger partial charge in [0.2, 0.25) is 0 Å². The van der Waals surface area contributed by atoms with Crippen LogP contribution in [0.5, 0.6) is 11.5 Å². The number of likely N-dealkylation sites (tertiary alicyclic amines) is 1. The zero-order valence-corrected chi connectivity index (χ0v) is 18.2. The molecule has 0 bridgehead atoms. The number of nitrogens with zero attached hydrogens (tertiary/aromatic N) is 1. The summed E-state index contributed by atoms with van der Waals surface area (Å²) >= 11 is 0. The van der Waals surface area contributed by atoms with Crippen LogP contribution in [0.3, 0.4) is 0 Å². The molecule has 0 spiro atoms. The lowest BCUT2D eigenvalue weighted by Gasteiger charge is -2.26. The van der Waals surface area contributed by atoms with Gasteiger partial charge in [-0.25, -0.2) is 13.2 Å². The van der Waals surface area contributed by atoms with Gasteiger partial charge in [0.25, 0.3) is 15.9 Å². The summed E-state index contributed by atoms with van der Waals surface area (Å²) in [6.07, 6.45) is 3.03. The second-order valence-electron chi connectivity index (χ2n) is 7.51. The van der Waals surface area contributed by atoms with Crippen molar-refractivity contribution in [1.82, 2.24) is 4.90 Å². The van der Waals surface area contributed by atoms with E-state index in [-0.39, 0.29) is 28.7 Å². The first-order chi connectivity index (χ1) is 15.4. The Morgan fingerprint density at radius 3 is 2.34 bits per heavy atom. The second kappa shape index (κ2) is 9.47. The van der Waals surface area contributed by atoms with Gasteiger partial charge < -0.3 is 19.1 Å². The number of amides is 1. The van der Waals surface area contributed by atoms with Gasteiger partial charge in [0.05, 0.1) is 10.5 Å². The van der Waals surface area contributed by atoms with Crippen LogP contribution in [0.2, 0.25) is 0 Å². The number of nitrogens with one attached hydrogen (secondary N) is 1. The van der Waals surface area contributed by atoms with Crippen LogP contribution in [0.1, 0.15) is 29.6 Å². The van der Waals surface area contributed by atoms with Crippen LogP contribution in [-0.4, -0.2) is 58.1 Å². The monoisotopic (exact) mass is 460 g/mol. The first-order valence-electron chi connectivity index (χ1n) is 10.4. The van der Waals surface area contributed by atoms with Crippen LogP contribution in [0.25, 0.3) is 0 Å². The number of ether oxygens (including phenoxy) is 3. The van der Waals surface area contributed by atoms with Crippen LogP contribution in [0.4, 0.5) is 5.69 Å². The van der Waals surface area contributed by atoms with Crippen LogP contribution < -0.4 is 14.2 Å². The zero-order chi connectivity index (χ0) is 22.6. The summed E-state index contributed by atoms with van der Waals surface area (Å²) in [5, 5.41) is 0. The summed E-state index contributed by atoms with van der Waals surface area (Å²) in [5.41, 5.74) is 0.500. The molecule has 0 aromatic heterocycles. The van der Waals surface area contributed by atoms with Gasteiger partial charge in [-0.1, -0.05) is 0 Å². The third-order valence-electron chi connectivity index (χ3n) is 5.23. The number of esters is 1. The third-order valence-corrected chi connectivity index (χ3v) is 6.61. The molecule has 1 amide bonds. The van der Waals surface area contributed by atoms with E-state index in [1.807, 2.05) is 0 Å². The van der Waals surface area contributed by atoms with Crippen molar-refractivity contribution in [2.75, 3.05) is 37.6 Å². The van der Waals surface area contributed by atoms with Gasteiger partial charge >= 0.3 is 5.97 Å². The molecule has 1 fully saturated rings. The Morgan fingerprint density at radius 1 is 0.938 bits per heavy atom. The standard InChI is InChI=1S/C22H24N2O7S/c25-21(24-10-2-1-3-11-24)15-31-22(26)16-4-6-17(7-5-16)23-32(27,28)18-8-9-19-20(14-18)30-13-12-29-19/h4-9,14,23H,1-3,10-13,15H2. The zero-order valence-electron chi connectivity index (χ0n) is 17.4. The van der Waals surface area contributed by atoms with Gasteiger partial charge in [-0.3, -0.25) is 9.52 Å². The number of benzene rings is 2. The van der Waals surface area contributed by atoms with Crippen molar-refractivity contribution in [2.45, 2.75) is 24.2 Å². The van der Waals surface area contributed by atoms with E-state index in [2.05, 4.69) is 4.72 Å². The van der Waals surface area contributed by atoms with E-state index in [0.29, 0.717) is 37.8 Å². The average molecular weight is 461 g/mol. The number of sulfonamides is 1. The Balaban J connectivity index is 1.35. The molecule has 170 valence electrons. The highest BCUT2D eigenvalue weighted by Gasteiger charge is 2.21. The molecule has 9 nitrogen and oxygen atoms in total. The minimum absolute atomic E-state index is 0.0291. The lowest BCUT2D eigenvalue weighted by molar-refractivity contribution is -0.135. The van der Waals surface area contributed by atoms with Gasteiger partial charge in [-0.15, -0.1) is 0 Å². The predicted molar refractivity (Wildman–Crippen MR) is 115 cm³/mol. The number of rotatable bonds is 6. The topological polar surface area (TPSA) is 111 Å². The van der Waals surface area contributed by atoms with E-state index < -0.39 is 16.0 Å². The molecule has 0 radical (unpaired) electrons. The van der Waals surface area contributed by atoms with Crippen LogP contribution in [0.15, 0.2) is 47.4 Å². The van der Waals surface area contributed by atoms with Crippen molar-refractivity contribution in [1.29, 1.82) is 0 Å². The Labute approximate surface area is 186 Å². The number of hydrogen-bond acceptors (Lipinski definition) is 7. The molecule has 2 aromatic rings. The molecule has 10 heteroatoms. The maximum Gasteiger partial charge on any atom is 0.338 e. The SMILES string of the molecule is O=C(OCC(=O)N1CCCCC1)c1ccc(NS(=O)(=O)c2ccc3c(c2)OCCO3)cc1. The predicted octanol–water partition coefficient (Wildman–Crippen LogP) is 2.43. The molecule has 1 N–H and O–H groups in total. The minimum Gasteiger partial charge on any atom is -0.486 e. The van der Waals surface area contributed by atoms with Gasteiger partial charge in [0.15, 0.2) is 18.1 Å². The van der Waals surface area contributed by atoms with Crippen molar-refractivity contribution < 1.29 is 32.2 Å². The first-order valence-corrected chi connectivity index (χ1v) is 11.9. The second-order valence-corrected chi connectivity index (χ2v) is 9.19. The van der Waals surface area contributed by atoms with E-state index >= 15 is 0 Å². The molecule has 2 aromatic carbocycles. The number of hydrogen-bond donors (Lipinski definition) is 1. The summed E-state index contributed by atoms with van der Waals surface area (Å²) in [5.74, 6) is 0.0200. The van der Waals surface area contributed by atoms with Crippen LogP contribution in [-0.2, 0) is 19.6 Å². The van der Waals surface area contributed by atoms with E-state index in [9.17, 15) is 18.0 Å². The van der Waals surface area contributed by atoms with Crippen LogP contribution in [0, 0.1) is 0 Å². The molecule has 1 saturated heterocycles. The number of piperidine rings is 1. The van der Waals surface area contributed by atoms with Crippen LogP contribution >= 0.6 is 0 Å². The van der Waals surface area contributed by atoms with E-state index in [1.54, 1.807) is 11.0 Å². The highest BCUT2D eigenvalue weighted by molar-refractivity contribution is 7.92. The highest BCUT2D eigenvalue weighted by atomic mass is 32.2. The Bertz CT molecular complexity index is 1090. The molecule has 2 heterocycles. The Kier molecular flexibility index (Phi) is 6.50. The van der Waals surface area contributed by atoms with Gasteiger partial charge in [-0.05, 0) is 55.7 Å². The fraction of sp³-hybridized carbons (Fsp3) is 0.364. The van der Waals surface area contributed by atoms with E-state index in [1.165, 1.54) is 36.4 Å². The molecule has 0 aliphatic carbocycles. The Hall–Kier alpha value is -3.27. The van der Waals surface area contributed by atoms with Gasteiger partial charge in [-0.2, -0.15) is 0 Å².